The predicted molar refractivity (Wildman–Crippen MR) is 56.7 cm³/mol. The normalized spacial score (nSPS) is 13.4. The standard InChI is InChI=1S/C7H8Cl3NS/c1-3(11)2-4-5(8)7(10)12-6(4)9/h3H,2,11H2,1H3. The van der Waals surface area contributed by atoms with Gasteiger partial charge in [0.2, 0.25) is 0 Å². The maximum Gasteiger partial charge on any atom is 0.113 e. The first-order chi connectivity index (χ1) is 5.52. The summed E-state index contributed by atoms with van der Waals surface area (Å²) in [4.78, 5) is 0. The lowest BCUT2D eigenvalue weighted by Gasteiger charge is -2.03. The zero-order valence-electron chi connectivity index (χ0n) is 6.40. The summed E-state index contributed by atoms with van der Waals surface area (Å²) < 4.78 is 1.18. The Morgan fingerprint density at radius 3 is 2.25 bits per heavy atom. The van der Waals surface area contributed by atoms with E-state index in [2.05, 4.69) is 0 Å². The van der Waals surface area contributed by atoms with Gasteiger partial charge >= 0.3 is 0 Å². The van der Waals surface area contributed by atoms with E-state index in [1.54, 1.807) is 0 Å². The Kier molecular flexibility index (Phi) is 3.68. The number of rotatable bonds is 2. The maximum atomic E-state index is 5.90. The molecule has 1 aromatic rings. The molecule has 5 heteroatoms. The van der Waals surface area contributed by atoms with Gasteiger partial charge in [0, 0.05) is 11.6 Å². The molecule has 1 aromatic heterocycles. The van der Waals surface area contributed by atoms with Gasteiger partial charge in [-0.3, -0.25) is 0 Å². The van der Waals surface area contributed by atoms with Crippen molar-refractivity contribution in [1.82, 2.24) is 0 Å². The summed E-state index contributed by atoms with van der Waals surface area (Å²) >= 11 is 18.8. The van der Waals surface area contributed by atoms with Crippen molar-refractivity contribution in [2.24, 2.45) is 5.73 Å². The smallest absolute Gasteiger partial charge is 0.113 e. The van der Waals surface area contributed by atoms with Crippen LogP contribution in [0, 0.1) is 0 Å². The zero-order valence-corrected chi connectivity index (χ0v) is 9.49. The molecule has 0 radical (unpaired) electrons. The molecule has 0 aromatic carbocycles. The number of nitrogens with two attached hydrogens (primary N) is 1. The fourth-order valence-corrected chi connectivity index (χ4v) is 2.82. The SMILES string of the molecule is CC(N)Cc1c(Cl)sc(Cl)c1Cl. The van der Waals surface area contributed by atoms with E-state index in [1.807, 2.05) is 6.92 Å². The number of thiophene rings is 1. The Bertz CT molecular complexity index is 282. The van der Waals surface area contributed by atoms with Gasteiger partial charge < -0.3 is 5.73 Å². The first kappa shape index (κ1) is 10.6. The van der Waals surface area contributed by atoms with Crippen LogP contribution in [0.5, 0.6) is 0 Å². The molecule has 1 heterocycles. The van der Waals surface area contributed by atoms with Gasteiger partial charge in [0.15, 0.2) is 0 Å². The minimum atomic E-state index is 0.0469. The van der Waals surface area contributed by atoms with E-state index in [1.165, 1.54) is 11.3 Å². The van der Waals surface area contributed by atoms with E-state index >= 15 is 0 Å². The van der Waals surface area contributed by atoms with E-state index < -0.39 is 0 Å². The van der Waals surface area contributed by atoms with Crippen LogP contribution in [0.25, 0.3) is 0 Å². The second kappa shape index (κ2) is 4.16. The van der Waals surface area contributed by atoms with Crippen LogP contribution in [0.2, 0.25) is 13.7 Å². The van der Waals surface area contributed by atoms with Gasteiger partial charge in [0.25, 0.3) is 0 Å². The molecule has 0 saturated carbocycles. The van der Waals surface area contributed by atoms with Crippen LogP contribution in [0.4, 0.5) is 0 Å². The van der Waals surface area contributed by atoms with Gasteiger partial charge in [0.1, 0.15) is 4.34 Å². The van der Waals surface area contributed by atoms with Crippen molar-refractivity contribution in [3.05, 3.63) is 19.3 Å². The molecule has 1 nitrogen and oxygen atoms in total. The third-order valence-corrected chi connectivity index (χ3v) is 3.69. The molecule has 2 N–H and O–H groups in total. The number of halogens is 3. The average Bonchev–Trinajstić information content (AvgIpc) is 2.16. The van der Waals surface area contributed by atoms with E-state index in [9.17, 15) is 0 Å². The second-order valence-electron chi connectivity index (χ2n) is 2.62. The van der Waals surface area contributed by atoms with Crippen LogP contribution < -0.4 is 5.73 Å². The van der Waals surface area contributed by atoms with Gasteiger partial charge in [-0.2, -0.15) is 0 Å². The summed E-state index contributed by atoms with van der Waals surface area (Å²) in [7, 11) is 0. The van der Waals surface area contributed by atoms with Gasteiger partial charge in [-0.05, 0) is 13.3 Å². The summed E-state index contributed by atoms with van der Waals surface area (Å²) in [6.07, 6.45) is 0.668. The van der Waals surface area contributed by atoms with Crippen LogP contribution >= 0.6 is 46.1 Å². The first-order valence-electron chi connectivity index (χ1n) is 3.40. The van der Waals surface area contributed by atoms with Crippen molar-refractivity contribution >= 4 is 46.1 Å². The molecule has 0 bridgehead atoms. The molecular formula is C7H8Cl3NS. The largest absolute Gasteiger partial charge is 0.328 e. The minimum Gasteiger partial charge on any atom is -0.328 e. The maximum absolute atomic E-state index is 5.90. The molecule has 68 valence electrons. The van der Waals surface area contributed by atoms with Crippen molar-refractivity contribution in [1.29, 1.82) is 0 Å². The summed E-state index contributed by atoms with van der Waals surface area (Å²) in [5.41, 5.74) is 6.48. The molecule has 0 amide bonds. The van der Waals surface area contributed by atoms with Crippen molar-refractivity contribution < 1.29 is 0 Å². The van der Waals surface area contributed by atoms with Crippen molar-refractivity contribution in [2.75, 3.05) is 0 Å². The molecule has 1 atom stereocenters. The molecule has 0 fully saturated rings. The third kappa shape index (κ3) is 2.27. The Morgan fingerprint density at radius 2 is 1.92 bits per heavy atom. The monoisotopic (exact) mass is 243 g/mol. The van der Waals surface area contributed by atoms with E-state index in [0.717, 1.165) is 5.56 Å². The Hall–Kier alpha value is 0.530. The predicted octanol–water partition coefficient (Wildman–Crippen LogP) is 3.60. The molecule has 1 rings (SSSR count). The average molecular weight is 245 g/mol. The van der Waals surface area contributed by atoms with Crippen molar-refractivity contribution in [2.45, 2.75) is 19.4 Å². The number of hydrogen-bond donors (Lipinski definition) is 1. The Morgan fingerprint density at radius 1 is 1.33 bits per heavy atom. The van der Waals surface area contributed by atoms with Crippen LogP contribution in [0.3, 0.4) is 0 Å². The third-order valence-electron chi connectivity index (χ3n) is 1.38. The van der Waals surface area contributed by atoms with Gasteiger partial charge in [-0.15, -0.1) is 11.3 Å². The first-order valence-corrected chi connectivity index (χ1v) is 5.35. The minimum absolute atomic E-state index is 0.0469. The van der Waals surface area contributed by atoms with Crippen LogP contribution in [0.1, 0.15) is 12.5 Å². The van der Waals surface area contributed by atoms with E-state index in [4.69, 9.17) is 40.5 Å². The zero-order chi connectivity index (χ0) is 9.30. The van der Waals surface area contributed by atoms with Crippen LogP contribution in [-0.4, -0.2) is 6.04 Å². The van der Waals surface area contributed by atoms with E-state index in [0.29, 0.717) is 20.1 Å². The molecule has 0 saturated heterocycles. The highest BCUT2D eigenvalue weighted by molar-refractivity contribution is 7.20. The van der Waals surface area contributed by atoms with Gasteiger partial charge in [-0.1, -0.05) is 34.8 Å². The van der Waals surface area contributed by atoms with Crippen LogP contribution in [-0.2, 0) is 6.42 Å². The Balaban J connectivity index is 2.97. The summed E-state index contributed by atoms with van der Waals surface area (Å²) in [6, 6.07) is 0.0469. The molecule has 12 heavy (non-hydrogen) atoms. The lowest BCUT2D eigenvalue weighted by molar-refractivity contribution is 0.740. The quantitative estimate of drug-likeness (QED) is 0.845. The topological polar surface area (TPSA) is 26.0 Å². The van der Waals surface area contributed by atoms with Gasteiger partial charge in [-0.25, -0.2) is 0 Å². The summed E-state index contributed by atoms with van der Waals surface area (Å²) in [6.45, 7) is 1.90. The molecule has 0 aliphatic heterocycles. The highest BCUT2D eigenvalue weighted by atomic mass is 35.5. The number of hydrogen-bond acceptors (Lipinski definition) is 2. The lowest BCUT2D eigenvalue weighted by Crippen LogP contribution is -2.17. The van der Waals surface area contributed by atoms with Gasteiger partial charge in [0.05, 0.1) is 9.36 Å². The highest BCUT2D eigenvalue weighted by Crippen LogP contribution is 2.40. The molecule has 0 aliphatic rings. The fourth-order valence-electron chi connectivity index (χ4n) is 0.882. The summed E-state index contributed by atoms with van der Waals surface area (Å²) in [5, 5.41) is 0.545. The van der Waals surface area contributed by atoms with Crippen molar-refractivity contribution in [3.63, 3.8) is 0 Å². The van der Waals surface area contributed by atoms with Crippen molar-refractivity contribution in [3.8, 4) is 0 Å². The van der Waals surface area contributed by atoms with Crippen LogP contribution in [0.15, 0.2) is 0 Å². The molecular weight excluding hydrogens is 237 g/mol. The lowest BCUT2D eigenvalue weighted by atomic mass is 10.1. The molecule has 1 unspecified atom stereocenters. The fraction of sp³-hybridized carbons (Fsp3) is 0.429. The second-order valence-corrected chi connectivity index (χ2v) is 5.23. The van der Waals surface area contributed by atoms with E-state index in [-0.39, 0.29) is 6.04 Å². The molecule has 0 spiro atoms. The highest BCUT2D eigenvalue weighted by Gasteiger charge is 2.14. The molecule has 0 aliphatic carbocycles. The Labute approximate surface area is 90.4 Å². The summed E-state index contributed by atoms with van der Waals surface area (Å²) in [5.74, 6) is 0.